The summed E-state index contributed by atoms with van der Waals surface area (Å²) < 4.78 is 0. The van der Waals surface area contributed by atoms with Crippen molar-refractivity contribution >= 4 is 45.4 Å². The number of hydrogen-bond acceptors (Lipinski definition) is 4. The highest BCUT2D eigenvalue weighted by Crippen LogP contribution is 2.30. The Bertz CT molecular complexity index is 843. The molecule has 2 aromatic carbocycles. The number of rotatable bonds is 4. The zero-order chi connectivity index (χ0) is 17.1. The molecule has 24 heavy (non-hydrogen) atoms. The number of hydrogen-bond donors (Lipinski definition) is 1. The molecule has 0 saturated heterocycles. The zero-order valence-electron chi connectivity index (χ0n) is 13.3. The molecule has 1 amide bonds. The number of halogens is 1. The Balaban J connectivity index is 1.79. The first-order valence-corrected chi connectivity index (χ1v) is 8.57. The van der Waals surface area contributed by atoms with E-state index >= 15 is 0 Å². The second-order valence-corrected chi connectivity index (χ2v) is 6.70. The quantitative estimate of drug-likeness (QED) is 0.704. The van der Waals surface area contributed by atoms with Gasteiger partial charge in [0.05, 0.1) is 16.9 Å². The normalized spacial score (nSPS) is 10.5. The van der Waals surface area contributed by atoms with Crippen LogP contribution < -0.4 is 10.2 Å². The predicted molar refractivity (Wildman–Crippen MR) is 101 cm³/mol. The van der Waals surface area contributed by atoms with Crippen molar-refractivity contribution in [3.8, 4) is 0 Å². The summed E-state index contributed by atoms with van der Waals surface area (Å²) in [6.45, 7) is 1.91. The van der Waals surface area contributed by atoms with E-state index in [0.717, 1.165) is 16.4 Å². The van der Waals surface area contributed by atoms with E-state index in [1.54, 1.807) is 12.3 Å². The van der Waals surface area contributed by atoms with E-state index in [4.69, 9.17) is 11.6 Å². The Morgan fingerprint density at radius 3 is 2.62 bits per heavy atom. The third kappa shape index (κ3) is 3.42. The topological polar surface area (TPSA) is 45.2 Å². The van der Waals surface area contributed by atoms with Gasteiger partial charge in [0.15, 0.2) is 5.13 Å². The summed E-state index contributed by atoms with van der Waals surface area (Å²) >= 11 is 7.50. The van der Waals surface area contributed by atoms with Gasteiger partial charge in [-0.15, -0.1) is 0 Å². The molecule has 0 aliphatic heterocycles. The van der Waals surface area contributed by atoms with Crippen LogP contribution in [0.15, 0.2) is 54.7 Å². The third-order valence-electron chi connectivity index (χ3n) is 3.61. The summed E-state index contributed by atoms with van der Waals surface area (Å²) in [5, 5.41) is 4.14. The Morgan fingerprint density at radius 1 is 1.17 bits per heavy atom. The summed E-state index contributed by atoms with van der Waals surface area (Å²) in [5.41, 5.74) is 2.57. The Morgan fingerprint density at radius 2 is 1.92 bits per heavy atom. The molecular weight excluding hydrogens is 342 g/mol. The van der Waals surface area contributed by atoms with E-state index in [-0.39, 0.29) is 5.91 Å². The van der Waals surface area contributed by atoms with Gasteiger partial charge < -0.3 is 10.2 Å². The Labute approximate surface area is 149 Å². The van der Waals surface area contributed by atoms with Gasteiger partial charge in [0.25, 0.3) is 5.91 Å². The summed E-state index contributed by atoms with van der Waals surface area (Å²) in [4.78, 5) is 19.3. The van der Waals surface area contributed by atoms with Gasteiger partial charge in [-0.2, -0.15) is 0 Å². The van der Waals surface area contributed by atoms with Crippen LogP contribution >= 0.6 is 22.9 Å². The molecule has 1 N–H and O–H groups in total. The fourth-order valence-electron chi connectivity index (χ4n) is 2.25. The van der Waals surface area contributed by atoms with E-state index in [1.807, 2.05) is 61.3 Å². The van der Waals surface area contributed by atoms with Crippen molar-refractivity contribution in [2.75, 3.05) is 17.3 Å². The number of aryl methyl sites for hydroxylation is 1. The zero-order valence-corrected chi connectivity index (χ0v) is 14.9. The van der Waals surface area contributed by atoms with Gasteiger partial charge in [0.1, 0.15) is 4.88 Å². The number of carbonyl (C=O) groups is 1. The largest absolute Gasteiger partial charge is 0.321 e. The van der Waals surface area contributed by atoms with Crippen LogP contribution in [0.5, 0.6) is 0 Å². The van der Waals surface area contributed by atoms with Gasteiger partial charge in [-0.05, 0) is 30.7 Å². The van der Waals surface area contributed by atoms with Crippen LogP contribution in [0.1, 0.15) is 15.2 Å². The number of para-hydroxylation sites is 2. The molecule has 0 unspecified atom stereocenters. The number of benzene rings is 2. The van der Waals surface area contributed by atoms with Gasteiger partial charge in [-0.3, -0.25) is 4.79 Å². The van der Waals surface area contributed by atoms with Crippen LogP contribution in [0.25, 0.3) is 0 Å². The lowest BCUT2D eigenvalue weighted by molar-refractivity contribution is 0.103. The third-order valence-corrected chi connectivity index (χ3v) is 5.00. The number of amides is 1. The van der Waals surface area contributed by atoms with Crippen LogP contribution in [0, 0.1) is 6.92 Å². The molecule has 0 atom stereocenters. The molecule has 1 heterocycles. The van der Waals surface area contributed by atoms with Crippen LogP contribution in [-0.2, 0) is 0 Å². The minimum absolute atomic E-state index is 0.212. The van der Waals surface area contributed by atoms with Gasteiger partial charge in [-0.25, -0.2) is 4.98 Å². The van der Waals surface area contributed by atoms with Crippen molar-refractivity contribution in [3.63, 3.8) is 0 Å². The second kappa shape index (κ2) is 7.03. The van der Waals surface area contributed by atoms with Crippen LogP contribution in [0.2, 0.25) is 5.02 Å². The highest BCUT2D eigenvalue weighted by atomic mass is 35.5. The van der Waals surface area contributed by atoms with Crippen molar-refractivity contribution in [2.24, 2.45) is 0 Å². The summed E-state index contributed by atoms with van der Waals surface area (Å²) in [5.74, 6) is -0.212. The fourth-order valence-corrected chi connectivity index (χ4v) is 3.31. The Kier molecular flexibility index (Phi) is 4.83. The molecule has 0 aliphatic rings. The van der Waals surface area contributed by atoms with Gasteiger partial charge >= 0.3 is 0 Å². The van der Waals surface area contributed by atoms with Crippen LogP contribution in [-0.4, -0.2) is 17.9 Å². The van der Waals surface area contributed by atoms with Crippen molar-refractivity contribution < 1.29 is 4.79 Å². The lowest BCUT2D eigenvalue weighted by atomic mass is 10.2. The van der Waals surface area contributed by atoms with E-state index < -0.39 is 0 Å². The van der Waals surface area contributed by atoms with E-state index in [1.165, 1.54) is 11.3 Å². The van der Waals surface area contributed by atoms with E-state index in [9.17, 15) is 4.79 Å². The highest BCUT2D eigenvalue weighted by Gasteiger charge is 2.16. The lowest BCUT2D eigenvalue weighted by Crippen LogP contribution is -2.11. The molecule has 0 fully saturated rings. The first kappa shape index (κ1) is 16.5. The number of nitrogens with zero attached hydrogens (tertiary/aromatic N) is 2. The maximum atomic E-state index is 12.5. The average Bonchev–Trinajstić information content (AvgIpc) is 3.08. The van der Waals surface area contributed by atoms with Gasteiger partial charge in [0.2, 0.25) is 0 Å². The van der Waals surface area contributed by atoms with Crippen molar-refractivity contribution in [3.05, 3.63) is 70.2 Å². The average molecular weight is 358 g/mol. The van der Waals surface area contributed by atoms with Crippen molar-refractivity contribution in [2.45, 2.75) is 6.92 Å². The fraction of sp³-hybridized carbons (Fsp3) is 0.111. The number of carbonyl (C=O) groups excluding carboxylic acids is 1. The minimum atomic E-state index is -0.212. The SMILES string of the molecule is Cc1cccc(Cl)c1NC(=O)c1cnc(N(C)c2ccccc2)s1. The maximum absolute atomic E-state index is 12.5. The molecule has 3 rings (SSSR count). The molecule has 0 radical (unpaired) electrons. The smallest absolute Gasteiger partial charge is 0.267 e. The standard InChI is InChI=1S/C18H16ClN3OS/c1-12-7-6-10-14(19)16(12)21-17(23)15-11-20-18(24-15)22(2)13-8-4-3-5-9-13/h3-11H,1-2H3,(H,21,23). The molecule has 0 aliphatic carbocycles. The van der Waals surface area contributed by atoms with Crippen molar-refractivity contribution in [1.82, 2.24) is 4.98 Å². The van der Waals surface area contributed by atoms with E-state index in [0.29, 0.717) is 15.6 Å². The molecule has 0 bridgehead atoms. The molecule has 6 heteroatoms. The second-order valence-electron chi connectivity index (χ2n) is 5.29. The summed E-state index contributed by atoms with van der Waals surface area (Å²) in [6, 6.07) is 15.4. The van der Waals surface area contributed by atoms with Crippen LogP contribution in [0.3, 0.4) is 0 Å². The molecule has 4 nitrogen and oxygen atoms in total. The monoisotopic (exact) mass is 357 g/mol. The number of aromatic nitrogens is 1. The number of anilines is 3. The van der Waals surface area contributed by atoms with Crippen LogP contribution in [0.4, 0.5) is 16.5 Å². The molecule has 3 aromatic rings. The highest BCUT2D eigenvalue weighted by molar-refractivity contribution is 7.17. The summed E-state index contributed by atoms with van der Waals surface area (Å²) in [7, 11) is 1.92. The summed E-state index contributed by atoms with van der Waals surface area (Å²) in [6.07, 6.45) is 1.58. The van der Waals surface area contributed by atoms with E-state index in [2.05, 4.69) is 10.3 Å². The number of thiazole rings is 1. The van der Waals surface area contributed by atoms with Gasteiger partial charge in [0, 0.05) is 12.7 Å². The Hall–Kier alpha value is -2.37. The first-order valence-electron chi connectivity index (χ1n) is 7.37. The molecule has 1 aromatic heterocycles. The molecule has 122 valence electrons. The van der Waals surface area contributed by atoms with Gasteiger partial charge in [-0.1, -0.05) is 53.3 Å². The number of nitrogens with one attached hydrogen (secondary N) is 1. The molecular formula is C18H16ClN3OS. The first-order chi connectivity index (χ1) is 11.6. The molecule has 0 saturated carbocycles. The maximum Gasteiger partial charge on any atom is 0.267 e. The lowest BCUT2D eigenvalue weighted by Gasteiger charge is -2.15. The molecule has 0 spiro atoms. The minimum Gasteiger partial charge on any atom is -0.321 e. The predicted octanol–water partition coefficient (Wildman–Crippen LogP) is 5.13. The van der Waals surface area contributed by atoms with Crippen molar-refractivity contribution in [1.29, 1.82) is 0 Å².